The van der Waals surface area contributed by atoms with E-state index in [0.717, 1.165) is 16.8 Å². The molecule has 0 N–H and O–H groups in total. The topological polar surface area (TPSA) is 78.9 Å². The van der Waals surface area contributed by atoms with E-state index in [1.807, 2.05) is 36.4 Å². The van der Waals surface area contributed by atoms with Gasteiger partial charge in [0.2, 0.25) is 5.82 Å². The van der Waals surface area contributed by atoms with Gasteiger partial charge in [0.1, 0.15) is 6.10 Å². The van der Waals surface area contributed by atoms with Crippen LogP contribution >= 0.6 is 23.2 Å². The van der Waals surface area contributed by atoms with E-state index in [9.17, 15) is 0 Å². The molecular weight excluding hydrogens is 401 g/mol. The quantitative estimate of drug-likeness (QED) is 0.489. The normalized spacial score (nSPS) is 16.1. The second-order valence-corrected chi connectivity index (χ2v) is 7.22. The number of rotatable bonds is 3. The highest BCUT2D eigenvalue weighted by atomic mass is 35.5. The van der Waals surface area contributed by atoms with Crippen molar-refractivity contribution in [2.45, 2.75) is 19.3 Å². The third-order valence-corrected chi connectivity index (χ3v) is 5.04. The molecule has 0 saturated carbocycles. The molecule has 0 amide bonds. The van der Waals surface area contributed by atoms with Gasteiger partial charge in [-0.15, -0.1) is 5.10 Å². The van der Waals surface area contributed by atoms with Crippen LogP contribution in [0, 0.1) is 0 Å². The van der Waals surface area contributed by atoms with Crippen LogP contribution in [0.3, 0.4) is 0 Å². The molecule has 0 radical (unpaired) electrons. The molecule has 2 aromatic carbocycles. The summed E-state index contributed by atoms with van der Waals surface area (Å²) in [6.45, 7) is 0.879. The molecule has 140 valence electrons. The van der Waals surface area contributed by atoms with E-state index in [-0.39, 0.29) is 6.10 Å². The van der Waals surface area contributed by atoms with Gasteiger partial charge < -0.3 is 9.26 Å². The lowest BCUT2D eigenvalue weighted by atomic mass is 10.1. The predicted octanol–water partition coefficient (Wildman–Crippen LogP) is 4.57. The van der Waals surface area contributed by atoms with E-state index >= 15 is 0 Å². The van der Waals surface area contributed by atoms with Gasteiger partial charge in [-0.3, -0.25) is 0 Å². The van der Waals surface area contributed by atoms with E-state index < -0.39 is 0 Å². The minimum atomic E-state index is -0.121. The van der Waals surface area contributed by atoms with E-state index in [1.54, 1.807) is 16.8 Å². The molecule has 28 heavy (non-hydrogen) atoms. The van der Waals surface area contributed by atoms with Crippen LogP contribution in [0.1, 0.15) is 17.4 Å². The average Bonchev–Trinajstić information content (AvgIpc) is 3.35. The monoisotopic (exact) mass is 413 g/mol. The number of nitrogens with zero attached hydrogens (tertiary/aromatic N) is 5. The maximum Gasteiger partial charge on any atom is 0.280 e. The molecule has 0 spiro atoms. The van der Waals surface area contributed by atoms with Gasteiger partial charge >= 0.3 is 0 Å². The Morgan fingerprint density at radius 3 is 2.71 bits per heavy atom. The number of halogens is 2. The first-order chi connectivity index (χ1) is 13.7. The molecule has 1 aliphatic heterocycles. The fraction of sp³-hybridized carbons (Fsp3) is 0.158. The molecule has 9 heteroatoms. The van der Waals surface area contributed by atoms with Crippen LogP contribution in [0.25, 0.3) is 23.0 Å². The smallest absolute Gasteiger partial charge is 0.280 e. The number of aromatic nitrogens is 5. The lowest BCUT2D eigenvalue weighted by Crippen LogP contribution is -2.22. The van der Waals surface area contributed by atoms with Crippen LogP contribution in [0.4, 0.5) is 0 Å². The Bertz CT molecular complexity index is 1140. The Labute approximate surface area is 169 Å². The van der Waals surface area contributed by atoms with Crippen LogP contribution in [0.15, 0.2) is 53.1 Å². The summed E-state index contributed by atoms with van der Waals surface area (Å²) >= 11 is 12.0. The van der Waals surface area contributed by atoms with Gasteiger partial charge in [-0.2, -0.15) is 4.98 Å². The van der Waals surface area contributed by atoms with Crippen molar-refractivity contribution < 1.29 is 9.26 Å². The molecule has 0 fully saturated rings. The maximum atomic E-state index is 6.03. The molecule has 1 atom stereocenters. The van der Waals surface area contributed by atoms with Crippen LogP contribution in [-0.2, 0) is 17.9 Å². The van der Waals surface area contributed by atoms with Gasteiger partial charge in [0, 0.05) is 15.6 Å². The third kappa shape index (κ3) is 3.17. The molecule has 1 aliphatic rings. The van der Waals surface area contributed by atoms with Crippen molar-refractivity contribution in [2.75, 3.05) is 0 Å². The van der Waals surface area contributed by atoms with Crippen molar-refractivity contribution in [2.24, 2.45) is 0 Å². The zero-order valence-electron chi connectivity index (χ0n) is 14.4. The highest BCUT2D eigenvalue weighted by molar-refractivity contribution is 6.31. The van der Waals surface area contributed by atoms with Gasteiger partial charge in [0.25, 0.3) is 5.89 Å². The lowest BCUT2D eigenvalue weighted by molar-refractivity contribution is -0.00117. The van der Waals surface area contributed by atoms with E-state index in [1.165, 1.54) is 0 Å². The van der Waals surface area contributed by atoms with Crippen molar-refractivity contribution in [1.29, 1.82) is 0 Å². The molecule has 4 aromatic rings. The summed E-state index contributed by atoms with van der Waals surface area (Å²) in [6.07, 6.45) is -0.121. The first-order valence-electron chi connectivity index (χ1n) is 8.57. The van der Waals surface area contributed by atoms with Crippen LogP contribution in [0.5, 0.6) is 0 Å². The minimum absolute atomic E-state index is 0.121. The first kappa shape index (κ1) is 17.4. The average molecular weight is 414 g/mol. The molecule has 0 aliphatic carbocycles. The summed E-state index contributed by atoms with van der Waals surface area (Å²) in [4.78, 5) is 4.44. The summed E-state index contributed by atoms with van der Waals surface area (Å²) in [5.41, 5.74) is 3.12. The summed E-state index contributed by atoms with van der Waals surface area (Å²) in [6, 6.07) is 14.8. The standard InChI is InChI=1S/C19H13Cl2N5O2/c20-13-6-4-11(5-7-13)16-9-26-15(10-27-16)17(23-25-26)19-22-18(24-28-19)12-2-1-3-14(21)8-12/h1-8,16H,9-10H2/t16-/m0/s1. The summed E-state index contributed by atoms with van der Waals surface area (Å²) in [5.74, 6) is 0.736. The second-order valence-electron chi connectivity index (χ2n) is 6.35. The van der Waals surface area contributed by atoms with Crippen molar-refractivity contribution >= 4 is 23.2 Å². The third-order valence-electron chi connectivity index (χ3n) is 4.55. The summed E-state index contributed by atoms with van der Waals surface area (Å²) < 4.78 is 13.2. The van der Waals surface area contributed by atoms with Crippen LogP contribution < -0.4 is 0 Å². The first-order valence-corrected chi connectivity index (χ1v) is 9.32. The molecule has 7 nitrogen and oxygen atoms in total. The van der Waals surface area contributed by atoms with E-state index in [0.29, 0.717) is 40.6 Å². The fourth-order valence-corrected chi connectivity index (χ4v) is 3.44. The van der Waals surface area contributed by atoms with Crippen molar-refractivity contribution in [3.63, 3.8) is 0 Å². The van der Waals surface area contributed by atoms with Gasteiger partial charge in [-0.1, -0.05) is 57.8 Å². The number of benzene rings is 2. The Morgan fingerprint density at radius 1 is 1.04 bits per heavy atom. The fourth-order valence-electron chi connectivity index (χ4n) is 3.12. The molecule has 2 aromatic heterocycles. The summed E-state index contributed by atoms with van der Waals surface area (Å²) in [7, 11) is 0. The molecule has 0 saturated heterocycles. The largest absolute Gasteiger partial charge is 0.365 e. The van der Waals surface area contributed by atoms with Gasteiger partial charge in [-0.05, 0) is 29.8 Å². The van der Waals surface area contributed by atoms with Crippen LogP contribution in [0.2, 0.25) is 10.0 Å². The Morgan fingerprint density at radius 2 is 1.89 bits per heavy atom. The molecule has 0 unspecified atom stereocenters. The zero-order chi connectivity index (χ0) is 19.1. The zero-order valence-corrected chi connectivity index (χ0v) is 15.9. The highest BCUT2D eigenvalue weighted by Gasteiger charge is 2.28. The molecule has 3 heterocycles. The number of fused-ring (bicyclic) bond motifs is 1. The van der Waals surface area contributed by atoms with E-state index in [4.69, 9.17) is 32.5 Å². The lowest BCUT2D eigenvalue weighted by Gasteiger charge is -2.24. The Kier molecular flexibility index (Phi) is 4.35. The SMILES string of the molecule is Clc1ccc([C@@H]2Cn3nnc(-c4nc(-c5cccc(Cl)c5)no4)c3CO2)cc1. The highest BCUT2D eigenvalue weighted by Crippen LogP contribution is 2.31. The minimum Gasteiger partial charge on any atom is -0.365 e. The predicted molar refractivity (Wildman–Crippen MR) is 103 cm³/mol. The summed E-state index contributed by atoms with van der Waals surface area (Å²) in [5, 5.41) is 13.8. The second kappa shape index (κ2) is 7.01. The Balaban J connectivity index is 1.42. The molecule has 5 rings (SSSR count). The number of ether oxygens (including phenoxy) is 1. The molecule has 0 bridgehead atoms. The van der Waals surface area contributed by atoms with Gasteiger partial charge in [0.15, 0.2) is 5.69 Å². The maximum absolute atomic E-state index is 6.03. The number of hydrogen-bond acceptors (Lipinski definition) is 6. The van der Waals surface area contributed by atoms with Gasteiger partial charge in [-0.25, -0.2) is 4.68 Å². The number of hydrogen-bond donors (Lipinski definition) is 0. The van der Waals surface area contributed by atoms with Crippen LogP contribution in [-0.4, -0.2) is 25.1 Å². The molecular formula is C19H13Cl2N5O2. The van der Waals surface area contributed by atoms with E-state index in [2.05, 4.69) is 20.5 Å². The van der Waals surface area contributed by atoms with Crippen molar-refractivity contribution in [3.05, 3.63) is 69.8 Å². The van der Waals surface area contributed by atoms with Crippen molar-refractivity contribution in [1.82, 2.24) is 25.1 Å². The Hall–Kier alpha value is -2.74. The van der Waals surface area contributed by atoms with Crippen molar-refractivity contribution in [3.8, 4) is 23.0 Å². The van der Waals surface area contributed by atoms with Gasteiger partial charge in [0.05, 0.1) is 18.8 Å².